The molecule has 0 bridgehead atoms. The number of hydrogen-bond donors (Lipinski definition) is 0. The fourth-order valence-corrected chi connectivity index (χ4v) is 3.47. The van der Waals surface area contributed by atoms with E-state index in [-0.39, 0.29) is 17.3 Å². The van der Waals surface area contributed by atoms with Gasteiger partial charge in [-0.25, -0.2) is 0 Å². The third kappa shape index (κ3) is 1.70. The molecule has 2 heterocycles. The van der Waals surface area contributed by atoms with Gasteiger partial charge in [0, 0.05) is 17.4 Å². The van der Waals surface area contributed by atoms with E-state index in [0.717, 1.165) is 30.8 Å². The molecule has 0 spiro atoms. The van der Waals surface area contributed by atoms with Crippen molar-refractivity contribution in [2.24, 2.45) is 5.41 Å². The Morgan fingerprint density at radius 3 is 2.65 bits per heavy atom. The van der Waals surface area contributed by atoms with E-state index in [1.165, 1.54) is 11.1 Å². The van der Waals surface area contributed by atoms with Crippen LogP contribution in [0.25, 0.3) is 5.57 Å². The summed E-state index contributed by atoms with van der Waals surface area (Å²) in [6.07, 6.45) is 1.62. The molecular formula is C17H18O3. The molecule has 0 radical (unpaired) electrons. The lowest BCUT2D eigenvalue weighted by atomic mass is 9.74. The van der Waals surface area contributed by atoms with Crippen molar-refractivity contribution < 1.29 is 14.3 Å². The molecule has 1 fully saturated rings. The minimum absolute atomic E-state index is 0.124. The van der Waals surface area contributed by atoms with Crippen molar-refractivity contribution in [2.45, 2.75) is 25.9 Å². The number of carbonyl (C=O) groups excluding carboxylic acids is 1. The summed E-state index contributed by atoms with van der Waals surface area (Å²) in [5.41, 5.74) is 4.57. The second kappa shape index (κ2) is 4.27. The van der Waals surface area contributed by atoms with Crippen LogP contribution < -0.4 is 0 Å². The molecule has 104 valence electrons. The van der Waals surface area contributed by atoms with Gasteiger partial charge in [-0.1, -0.05) is 36.8 Å². The molecule has 3 aliphatic rings. The van der Waals surface area contributed by atoms with E-state index in [1.807, 2.05) is 24.3 Å². The highest BCUT2D eigenvalue weighted by Gasteiger charge is 2.45. The maximum absolute atomic E-state index is 12.3. The molecular weight excluding hydrogens is 252 g/mol. The number of ketones is 1. The van der Waals surface area contributed by atoms with E-state index in [0.29, 0.717) is 13.0 Å². The standard InChI is InChI=1S/C17H18O3/c1-17(9-19-10-17)16-7-11-6-15(18)13-5-3-2-4-12(13)14(11)8-20-16/h2-5,16H,6-10H2,1H3. The maximum Gasteiger partial charge on any atom is 0.167 e. The molecule has 1 atom stereocenters. The van der Waals surface area contributed by atoms with Crippen molar-refractivity contribution in [3.05, 3.63) is 41.0 Å². The summed E-state index contributed by atoms with van der Waals surface area (Å²) in [4.78, 5) is 12.3. The van der Waals surface area contributed by atoms with Crippen LogP contribution in [0.5, 0.6) is 0 Å². The van der Waals surface area contributed by atoms with Gasteiger partial charge in [0.15, 0.2) is 5.78 Å². The summed E-state index contributed by atoms with van der Waals surface area (Å²) in [6.45, 7) is 4.38. The number of hydrogen-bond acceptors (Lipinski definition) is 3. The maximum atomic E-state index is 12.3. The zero-order valence-electron chi connectivity index (χ0n) is 11.6. The van der Waals surface area contributed by atoms with Gasteiger partial charge in [0.1, 0.15) is 0 Å². The molecule has 0 N–H and O–H groups in total. The third-order valence-electron chi connectivity index (χ3n) is 4.85. The van der Waals surface area contributed by atoms with Gasteiger partial charge in [0.05, 0.1) is 25.9 Å². The summed E-state index contributed by atoms with van der Waals surface area (Å²) in [6, 6.07) is 7.89. The molecule has 1 aliphatic carbocycles. The summed E-state index contributed by atoms with van der Waals surface area (Å²) >= 11 is 0. The van der Waals surface area contributed by atoms with Crippen LogP contribution >= 0.6 is 0 Å². The van der Waals surface area contributed by atoms with Crippen molar-refractivity contribution in [2.75, 3.05) is 19.8 Å². The Kier molecular flexibility index (Phi) is 2.63. The van der Waals surface area contributed by atoms with Gasteiger partial charge < -0.3 is 9.47 Å². The van der Waals surface area contributed by atoms with Gasteiger partial charge in [0.2, 0.25) is 0 Å². The van der Waals surface area contributed by atoms with Crippen LogP contribution in [0, 0.1) is 5.41 Å². The van der Waals surface area contributed by atoms with Crippen LogP contribution in [0.4, 0.5) is 0 Å². The zero-order valence-corrected chi connectivity index (χ0v) is 11.6. The van der Waals surface area contributed by atoms with E-state index in [2.05, 4.69) is 6.92 Å². The first-order chi connectivity index (χ1) is 9.67. The number of fused-ring (bicyclic) bond motifs is 2. The monoisotopic (exact) mass is 270 g/mol. The SMILES string of the molecule is CC1(C2CC3=C(CO2)c2ccccc2C(=O)C3)COC1. The molecule has 1 unspecified atom stereocenters. The number of ether oxygens (including phenoxy) is 2. The van der Waals surface area contributed by atoms with Gasteiger partial charge in [-0.15, -0.1) is 0 Å². The van der Waals surface area contributed by atoms with Gasteiger partial charge in [-0.3, -0.25) is 4.79 Å². The normalized spacial score (nSPS) is 27.6. The lowest BCUT2D eigenvalue weighted by Gasteiger charge is -2.46. The van der Waals surface area contributed by atoms with Crippen LogP contribution in [-0.4, -0.2) is 31.7 Å². The van der Waals surface area contributed by atoms with E-state index in [1.54, 1.807) is 0 Å². The fraction of sp³-hybridized carbons (Fsp3) is 0.471. The number of carbonyl (C=O) groups is 1. The highest BCUT2D eigenvalue weighted by molar-refractivity contribution is 6.06. The Bertz CT molecular complexity index is 610. The highest BCUT2D eigenvalue weighted by Crippen LogP contribution is 2.43. The quantitative estimate of drug-likeness (QED) is 0.787. The minimum Gasteiger partial charge on any atom is -0.380 e. The summed E-state index contributed by atoms with van der Waals surface area (Å²) < 4.78 is 11.4. The van der Waals surface area contributed by atoms with Gasteiger partial charge >= 0.3 is 0 Å². The van der Waals surface area contributed by atoms with Crippen LogP contribution in [-0.2, 0) is 9.47 Å². The first kappa shape index (κ1) is 12.3. The van der Waals surface area contributed by atoms with Crippen molar-refractivity contribution in [3.8, 4) is 0 Å². The molecule has 4 rings (SSSR count). The number of Topliss-reactive ketones (excluding diaryl/α,β-unsaturated/α-hetero) is 1. The smallest absolute Gasteiger partial charge is 0.167 e. The fourth-order valence-electron chi connectivity index (χ4n) is 3.47. The molecule has 0 saturated carbocycles. The molecule has 1 saturated heterocycles. The second-order valence-corrected chi connectivity index (χ2v) is 6.38. The largest absolute Gasteiger partial charge is 0.380 e. The first-order valence-corrected chi connectivity index (χ1v) is 7.20. The van der Waals surface area contributed by atoms with Gasteiger partial charge in [0.25, 0.3) is 0 Å². The number of benzene rings is 1. The molecule has 1 aromatic carbocycles. The Labute approximate surface area is 118 Å². The summed E-state index contributed by atoms with van der Waals surface area (Å²) in [5.74, 6) is 0.245. The van der Waals surface area contributed by atoms with E-state index in [4.69, 9.17) is 9.47 Å². The van der Waals surface area contributed by atoms with E-state index >= 15 is 0 Å². The van der Waals surface area contributed by atoms with Crippen LogP contribution in [0.15, 0.2) is 29.8 Å². The molecule has 2 aliphatic heterocycles. The van der Waals surface area contributed by atoms with E-state index in [9.17, 15) is 4.79 Å². The summed E-state index contributed by atoms with van der Waals surface area (Å²) in [7, 11) is 0. The molecule has 1 aromatic rings. The topological polar surface area (TPSA) is 35.5 Å². The zero-order chi connectivity index (χ0) is 13.7. The Balaban J connectivity index is 1.70. The average Bonchev–Trinajstić information content (AvgIpc) is 2.44. The van der Waals surface area contributed by atoms with Crippen LogP contribution in [0.3, 0.4) is 0 Å². The first-order valence-electron chi connectivity index (χ1n) is 7.20. The van der Waals surface area contributed by atoms with Crippen molar-refractivity contribution in [3.63, 3.8) is 0 Å². The minimum atomic E-state index is 0.124. The predicted molar refractivity (Wildman–Crippen MR) is 75.6 cm³/mol. The molecule has 0 amide bonds. The summed E-state index contributed by atoms with van der Waals surface area (Å²) in [5, 5.41) is 0. The lowest BCUT2D eigenvalue weighted by Crippen LogP contribution is -2.51. The van der Waals surface area contributed by atoms with Crippen molar-refractivity contribution in [1.82, 2.24) is 0 Å². The lowest BCUT2D eigenvalue weighted by molar-refractivity contribution is -0.175. The van der Waals surface area contributed by atoms with Crippen LogP contribution in [0.2, 0.25) is 0 Å². The van der Waals surface area contributed by atoms with Crippen molar-refractivity contribution in [1.29, 1.82) is 0 Å². The predicted octanol–water partition coefficient (Wildman–Crippen LogP) is 2.85. The molecule has 20 heavy (non-hydrogen) atoms. The van der Waals surface area contributed by atoms with Crippen molar-refractivity contribution >= 4 is 11.4 Å². The second-order valence-electron chi connectivity index (χ2n) is 6.38. The van der Waals surface area contributed by atoms with Gasteiger partial charge in [-0.05, 0) is 17.6 Å². The molecule has 3 nitrogen and oxygen atoms in total. The third-order valence-corrected chi connectivity index (χ3v) is 4.85. The Morgan fingerprint density at radius 2 is 1.95 bits per heavy atom. The van der Waals surface area contributed by atoms with E-state index < -0.39 is 0 Å². The number of rotatable bonds is 1. The Hall–Kier alpha value is -1.45. The molecule has 3 heteroatoms. The molecule has 0 aromatic heterocycles. The Morgan fingerprint density at radius 1 is 1.20 bits per heavy atom. The van der Waals surface area contributed by atoms with Crippen LogP contribution in [0.1, 0.15) is 35.7 Å². The highest BCUT2D eigenvalue weighted by atomic mass is 16.5. The van der Waals surface area contributed by atoms with Gasteiger partial charge in [-0.2, -0.15) is 0 Å². The average molecular weight is 270 g/mol.